The number of ether oxygens (including phenoxy) is 2. The molecule has 2 aromatic rings. The Morgan fingerprint density at radius 2 is 1.77 bits per heavy atom. The molecule has 1 saturated carbocycles. The molecule has 1 fully saturated rings. The number of aromatic nitrogens is 2. The van der Waals surface area contributed by atoms with Gasteiger partial charge in [-0.2, -0.15) is 0 Å². The highest BCUT2D eigenvalue weighted by Crippen LogP contribution is 2.35. The van der Waals surface area contributed by atoms with Crippen molar-refractivity contribution in [1.29, 1.82) is 0 Å². The van der Waals surface area contributed by atoms with Crippen LogP contribution in [0.4, 0.5) is 0 Å². The van der Waals surface area contributed by atoms with Crippen molar-refractivity contribution < 1.29 is 33.3 Å². The minimum Gasteiger partial charge on any atom is -0.465 e. The molecule has 0 bridgehead atoms. The van der Waals surface area contributed by atoms with Gasteiger partial charge in [-0.05, 0) is 74.0 Å². The Hall–Kier alpha value is -3.06. The fourth-order valence-electron chi connectivity index (χ4n) is 4.90. The number of allylic oxidation sites excluding steroid dienone is 1. The van der Waals surface area contributed by atoms with E-state index in [0.29, 0.717) is 48.8 Å². The Kier molecular flexibility index (Phi) is 14.3. The van der Waals surface area contributed by atoms with Crippen LogP contribution in [-0.2, 0) is 23.9 Å². The van der Waals surface area contributed by atoms with Gasteiger partial charge in [0.05, 0.1) is 6.61 Å². The summed E-state index contributed by atoms with van der Waals surface area (Å²) in [7, 11) is 5.08. The van der Waals surface area contributed by atoms with Crippen molar-refractivity contribution in [2.24, 2.45) is 0 Å². The smallest absolute Gasteiger partial charge is 0.306 e. The Bertz CT molecular complexity index is 1260. The fraction of sp³-hybridized carbons (Fsp3) is 0.600. The van der Waals surface area contributed by atoms with Crippen LogP contribution in [0.25, 0.3) is 11.0 Å². The molecule has 0 saturated heterocycles. The summed E-state index contributed by atoms with van der Waals surface area (Å²) < 4.78 is 15.8. The molecule has 0 unspecified atom stereocenters. The van der Waals surface area contributed by atoms with Crippen molar-refractivity contribution in [2.75, 3.05) is 26.0 Å². The molecule has 3 rings (SSSR count). The van der Waals surface area contributed by atoms with Crippen LogP contribution in [0.2, 0.25) is 0 Å². The van der Waals surface area contributed by atoms with Gasteiger partial charge in [0.1, 0.15) is 17.1 Å². The predicted octanol–water partition coefficient (Wildman–Crippen LogP) is 5.75. The van der Waals surface area contributed by atoms with E-state index < -0.39 is 0 Å². The lowest BCUT2D eigenvalue weighted by molar-refractivity contribution is -0.151. The zero-order chi connectivity index (χ0) is 31.2. The Balaban J connectivity index is 1.34. The van der Waals surface area contributed by atoms with Crippen LogP contribution in [-0.4, -0.2) is 82.5 Å². The van der Waals surface area contributed by atoms with E-state index in [4.69, 9.17) is 14.1 Å². The molecule has 0 spiro atoms. The van der Waals surface area contributed by atoms with Gasteiger partial charge in [-0.3, -0.25) is 19.2 Å². The minimum atomic E-state index is -0.356. The lowest BCUT2D eigenvalue weighted by atomic mass is 9.91. The molecular formula is C30H42N4O7S2. The van der Waals surface area contributed by atoms with Crippen LogP contribution >= 0.6 is 21.6 Å². The highest BCUT2D eigenvalue weighted by Gasteiger charge is 2.29. The van der Waals surface area contributed by atoms with Crippen LogP contribution < -0.4 is 0 Å². The molecule has 0 radical (unpaired) electrons. The van der Waals surface area contributed by atoms with Crippen molar-refractivity contribution >= 4 is 56.9 Å². The number of hydrogen-bond donors (Lipinski definition) is 0. The second kappa shape index (κ2) is 17.9. The molecule has 43 heavy (non-hydrogen) atoms. The van der Waals surface area contributed by atoms with Crippen molar-refractivity contribution in [3.8, 4) is 0 Å². The number of benzene rings is 1. The summed E-state index contributed by atoms with van der Waals surface area (Å²) in [6.07, 6.45) is 5.47. The molecule has 236 valence electrons. The summed E-state index contributed by atoms with van der Waals surface area (Å²) >= 11 is 0. The number of carbonyl (C=O) groups is 4. The number of esters is 2. The van der Waals surface area contributed by atoms with Gasteiger partial charge in [0.25, 0.3) is 5.91 Å². The second-order valence-electron chi connectivity index (χ2n) is 10.4. The van der Waals surface area contributed by atoms with E-state index in [9.17, 15) is 19.2 Å². The molecule has 2 amide bonds. The molecule has 1 aromatic carbocycles. The first-order valence-electron chi connectivity index (χ1n) is 14.8. The predicted molar refractivity (Wildman–Crippen MR) is 167 cm³/mol. The third-order valence-electron chi connectivity index (χ3n) is 7.37. The monoisotopic (exact) mass is 634 g/mol. The summed E-state index contributed by atoms with van der Waals surface area (Å²) in [4.78, 5) is 53.6. The topological polar surface area (TPSA) is 132 Å². The second-order valence-corrected chi connectivity index (χ2v) is 13.1. The summed E-state index contributed by atoms with van der Waals surface area (Å²) in [5, 5.41) is 7.57. The molecule has 1 aromatic heterocycles. The van der Waals surface area contributed by atoms with Crippen molar-refractivity contribution in [3.05, 3.63) is 34.4 Å². The number of carbonyl (C=O) groups excluding carboxylic acids is 4. The van der Waals surface area contributed by atoms with Gasteiger partial charge in [-0.1, -0.05) is 35.4 Å². The molecular weight excluding hydrogens is 592 g/mol. The molecule has 13 heteroatoms. The van der Waals surface area contributed by atoms with E-state index in [1.165, 1.54) is 0 Å². The number of fused-ring (bicyclic) bond motifs is 1. The van der Waals surface area contributed by atoms with E-state index in [-0.39, 0.29) is 49.4 Å². The summed E-state index contributed by atoms with van der Waals surface area (Å²) in [5.41, 5.74) is 2.55. The Morgan fingerprint density at radius 1 is 1.05 bits per heavy atom. The van der Waals surface area contributed by atoms with Gasteiger partial charge in [0.15, 0.2) is 0 Å². The van der Waals surface area contributed by atoms with Crippen LogP contribution in [0.15, 0.2) is 33.4 Å². The van der Waals surface area contributed by atoms with Gasteiger partial charge in [0.2, 0.25) is 6.41 Å². The zero-order valence-electron chi connectivity index (χ0n) is 25.4. The van der Waals surface area contributed by atoms with Crippen LogP contribution in [0.1, 0.15) is 88.9 Å². The van der Waals surface area contributed by atoms with Gasteiger partial charge in [0, 0.05) is 60.8 Å². The SMILES string of the molecule is CCCN(C=O)/C(C)=C(/CCOC(=O)CCCC(=O)OC1CCC(N(C)C(=O)c2ccc3nonc3c2)CC1)SSCC. The molecule has 1 aliphatic carbocycles. The van der Waals surface area contributed by atoms with E-state index in [0.717, 1.165) is 42.0 Å². The third kappa shape index (κ3) is 10.6. The van der Waals surface area contributed by atoms with Gasteiger partial charge >= 0.3 is 11.9 Å². The van der Waals surface area contributed by atoms with Crippen LogP contribution in [0, 0.1) is 0 Å². The standard InChI is InChI=1S/C30H42N4O7S2/c1-5-17-34(20-35)21(3)27(43-42-6-2)16-18-39-28(36)8-7-9-29(37)40-24-13-11-23(12-14-24)33(4)30(38)22-10-15-25-26(19-22)32-41-31-25/h10,15,19-20,23-24H,5-9,11-14,16-18H2,1-4H3/b27-21-. The van der Waals surface area contributed by atoms with Gasteiger partial charge in [-0.15, -0.1) is 0 Å². The van der Waals surface area contributed by atoms with Crippen LogP contribution in [0.3, 0.4) is 0 Å². The zero-order valence-corrected chi connectivity index (χ0v) is 27.0. The molecule has 11 nitrogen and oxygen atoms in total. The van der Waals surface area contributed by atoms with E-state index in [2.05, 4.69) is 17.2 Å². The molecule has 0 N–H and O–H groups in total. The average molecular weight is 635 g/mol. The normalized spacial score (nSPS) is 17.2. The summed E-state index contributed by atoms with van der Waals surface area (Å²) in [6.45, 7) is 6.86. The first-order valence-corrected chi connectivity index (χ1v) is 17.1. The largest absolute Gasteiger partial charge is 0.465 e. The molecule has 0 aliphatic heterocycles. The highest BCUT2D eigenvalue weighted by atomic mass is 33.1. The van der Waals surface area contributed by atoms with Gasteiger partial charge < -0.3 is 19.3 Å². The summed E-state index contributed by atoms with van der Waals surface area (Å²) in [5.74, 6) is 0.141. The van der Waals surface area contributed by atoms with Crippen molar-refractivity contribution in [1.82, 2.24) is 20.1 Å². The Morgan fingerprint density at radius 3 is 2.47 bits per heavy atom. The molecule has 1 heterocycles. The lowest BCUT2D eigenvalue weighted by Crippen LogP contribution is -2.41. The number of rotatable bonds is 17. The maximum atomic E-state index is 13.0. The summed E-state index contributed by atoms with van der Waals surface area (Å²) in [6, 6.07) is 5.15. The number of hydrogen-bond acceptors (Lipinski definition) is 11. The van der Waals surface area contributed by atoms with E-state index in [1.807, 2.05) is 13.8 Å². The fourth-order valence-corrected chi connectivity index (χ4v) is 6.96. The Labute approximate surface area is 260 Å². The lowest BCUT2D eigenvalue weighted by Gasteiger charge is -2.34. The minimum absolute atomic E-state index is 0.0506. The first-order chi connectivity index (χ1) is 20.8. The first kappa shape index (κ1) is 34.4. The maximum Gasteiger partial charge on any atom is 0.306 e. The van der Waals surface area contributed by atoms with E-state index >= 15 is 0 Å². The molecule has 0 atom stereocenters. The number of nitrogens with zero attached hydrogens (tertiary/aromatic N) is 4. The third-order valence-corrected chi connectivity index (χ3v) is 10.1. The van der Waals surface area contributed by atoms with Crippen molar-refractivity contribution in [3.63, 3.8) is 0 Å². The van der Waals surface area contributed by atoms with Crippen molar-refractivity contribution in [2.45, 2.75) is 90.7 Å². The van der Waals surface area contributed by atoms with E-state index in [1.54, 1.807) is 56.6 Å². The number of amides is 2. The average Bonchev–Trinajstić information content (AvgIpc) is 3.49. The van der Waals surface area contributed by atoms with Gasteiger partial charge in [-0.25, -0.2) is 4.63 Å². The maximum absolute atomic E-state index is 13.0. The molecule has 1 aliphatic rings. The van der Waals surface area contributed by atoms with Crippen LogP contribution in [0.5, 0.6) is 0 Å². The highest BCUT2D eigenvalue weighted by molar-refractivity contribution is 8.78. The quantitative estimate of drug-likeness (QED) is 0.120.